The van der Waals surface area contributed by atoms with Gasteiger partial charge in [-0.25, -0.2) is 9.97 Å². The zero-order valence-electron chi connectivity index (χ0n) is 25.9. The van der Waals surface area contributed by atoms with Gasteiger partial charge in [0, 0.05) is 16.7 Å². The molecule has 1 aliphatic carbocycles. The van der Waals surface area contributed by atoms with Crippen LogP contribution in [-0.2, 0) is 0 Å². The first-order valence-corrected chi connectivity index (χ1v) is 16.1. The van der Waals surface area contributed by atoms with Crippen LogP contribution in [0.3, 0.4) is 0 Å². The van der Waals surface area contributed by atoms with Gasteiger partial charge in [0.1, 0.15) is 0 Å². The average molecular weight is 610 g/mol. The third-order valence-electron chi connectivity index (χ3n) is 9.28. The number of nitrogens with zero attached hydrogens (tertiary/aromatic N) is 3. The minimum absolute atomic E-state index is 0.638. The predicted molar refractivity (Wildman–Crippen MR) is 196 cm³/mol. The highest BCUT2D eigenvalue weighted by Crippen LogP contribution is 2.49. The Bertz CT molecular complexity index is 2530. The maximum Gasteiger partial charge on any atom is 0.160 e. The Labute approximate surface area is 279 Å². The number of nitriles is 1. The number of rotatable bonds is 5. The minimum Gasteiger partial charge on any atom is -0.228 e. The van der Waals surface area contributed by atoms with Gasteiger partial charge >= 0.3 is 0 Å². The van der Waals surface area contributed by atoms with Crippen molar-refractivity contribution in [2.24, 2.45) is 0 Å². The Hall–Kier alpha value is -6.63. The van der Waals surface area contributed by atoms with Crippen molar-refractivity contribution < 1.29 is 0 Å². The molecule has 0 spiro atoms. The van der Waals surface area contributed by atoms with E-state index < -0.39 is 0 Å². The van der Waals surface area contributed by atoms with Crippen LogP contribution in [-0.4, -0.2) is 9.97 Å². The van der Waals surface area contributed by atoms with Crippen molar-refractivity contribution in [3.63, 3.8) is 0 Å². The monoisotopic (exact) mass is 609 g/mol. The van der Waals surface area contributed by atoms with Gasteiger partial charge in [-0.3, -0.25) is 0 Å². The summed E-state index contributed by atoms with van der Waals surface area (Å²) in [5.74, 6) is 0.677. The van der Waals surface area contributed by atoms with Gasteiger partial charge in [0.05, 0.1) is 23.0 Å². The number of aromatic nitrogens is 2. The van der Waals surface area contributed by atoms with Crippen molar-refractivity contribution in [2.75, 3.05) is 0 Å². The van der Waals surface area contributed by atoms with Crippen molar-refractivity contribution in [1.82, 2.24) is 9.97 Å². The summed E-state index contributed by atoms with van der Waals surface area (Å²) in [4.78, 5) is 10.1. The quantitative estimate of drug-likeness (QED) is 0.195. The first-order chi connectivity index (χ1) is 23.7. The number of fused-ring (bicyclic) bond motifs is 3. The first-order valence-electron chi connectivity index (χ1n) is 16.1. The molecule has 0 aliphatic heterocycles. The van der Waals surface area contributed by atoms with Crippen LogP contribution in [0, 0.1) is 11.3 Å². The molecule has 3 heteroatoms. The molecule has 0 amide bonds. The molecule has 1 aliphatic rings. The summed E-state index contributed by atoms with van der Waals surface area (Å²) in [6.07, 6.45) is 0. The molecular formula is C45H27N3. The van der Waals surface area contributed by atoms with E-state index in [1.54, 1.807) is 0 Å². The van der Waals surface area contributed by atoms with Gasteiger partial charge in [-0.15, -0.1) is 0 Å². The van der Waals surface area contributed by atoms with Crippen molar-refractivity contribution in [3.8, 4) is 84.5 Å². The summed E-state index contributed by atoms with van der Waals surface area (Å²) < 4.78 is 0. The standard InChI is InChI=1S/C45H27N3/c46-28-29-9-6-12-33(25-29)34-13-7-14-35(26-34)43-27-42(47-45(48-43)32-10-2-1-3-11-32)31-21-19-30(20-22-31)36-23-24-41-38-16-5-4-15-37(38)40-18-8-17-39(36)44(40)41/h1-27H. The number of hydrogen-bond acceptors (Lipinski definition) is 3. The summed E-state index contributed by atoms with van der Waals surface area (Å²) >= 11 is 0. The predicted octanol–water partition coefficient (Wildman–Crippen LogP) is 11.5. The zero-order valence-corrected chi connectivity index (χ0v) is 25.9. The van der Waals surface area contributed by atoms with Crippen molar-refractivity contribution in [1.29, 1.82) is 5.26 Å². The SMILES string of the molecule is N#Cc1cccc(-c2cccc(-c3cc(-c4ccc(-c5ccc6c7c(cccc57)-c5ccccc5-6)cc4)nc(-c4ccccc4)n3)c2)c1. The fourth-order valence-electron chi connectivity index (χ4n) is 6.97. The summed E-state index contributed by atoms with van der Waals surface area (Å²) in [7, 11) is 0. The summed E-state index contributed by atoms with van der Waals surface area (Å²) in [5, 5.41) is 12.0. The third-order valence-corrected chi connectivity index (χ3v) is 9.28. The van der Waals surface area contributed by atoms with Crippen LogP contribution < -0.4 is 0 Å². The highest BCUT2D eigenvalue weighted by molar-refractivity contribution is 6.18. The number of benzene rings is 7. The Morgan fingerprint density at radius 2 is 0.938 bits per heavy atom. The van der Waals surface area contributed by atoms with Crippen LogP contribution in [0.5, 0.6) is 0 Å². The van der Waals surface area contributed by atoms with E-state index in [2.05, 4.69) is 109 Å². The molecular weight excluding hydrogens is 583 g/mol. The molecule has 0 N–H and O–H groups in total. The third kappa shape index (κ3) is 4.67. The maximum atomic E-state index is 9.44. The van der Waals surface area contributed by atoms with Crippen molar-refractivity contribution >= 4 is 10.8 Å². The lowest BCUT2D eigenvalue weighted by molar-refractivity contribution is 1.18. The fraction of sp³-hybridized carbons (Fsp3) is 0. The highest BCUT2D eigenvalue weighted by Gasteiger charge is 2.22. The lowest BCUT2D eigenvalue weighted by atomic mass is 9.93. The lowest BCUT2D eigenvalue weighted by Gasteiger charge is -2.12. The fourth-order valence-corrected chi connectivity index (χ4v) is 6.97. The molecule has 8 aromatic rings. The van der Waals surface area contributed by atoms with Crippen LogP contribution in [0.4, 0.5) is 0 Å². The van der Waals surface area contributed by atoms with E-state index in [9.17, 15) is 5.26 Å². The smallest absolute Gasteiger partial charge is 0.160 e. The van der Waals surface area contributed by atoms with Crippen LogP contribution in [0.15, 0.2) is 164 Å². The second-order valence-electron chi connectivity index (χ2n) is 12.1. The van der Waals surface area contributed by atoms with E-state index in [-0.39, 0.29) is 0 Å². The van der Waals surface area contributed by atoms with Crippen molar-refractivity contribution in [3.05, 3.63) is 169 Å². The molecule has 1 heterocycles. The average Bonchev–Trinajstić information content (AvgIpc) is 3.50. The van der Waals surface area contributed by atoms with Gasteiger partial charge in [0.25, 0.3) is 0 Å². The van der Waals surface area contributed by atoms with Gasteiger partial charge < -0.3 is 0 Å². The second kappa shape index (κ2) is 11.3. The van der Waals surface area contributed by atoms with Crippen LogP contribution in [0.1, 0.15) is 5.56 Å². The van der Waals surface area contributed by atoms with E-state index >= 15 is 0 Å². The van der Waals surface area contributed by atoms with Gasteiger partial charge in [0.2, 0.25) is 0 Å². The first kappa shape index (κ1) is 27.7. The van der Waals surface area contributed by atoms with E-state index in [4.69, 9.17) is 9.97 Å². The molecule has 9 rings (SSSR count). The summed E-state index contributed by atoms with van der Waals surface area (Å²) in [6.45, 7) is 0. The molecule has 0 fully saturated rings. The highest BCUT2D eigenvalue weighted by atomic mass is 14.9. The Morgan fingerprint density at radius 3 is 1.71 bits per heavy atom. The molecule has 0 atom stereocenters. The Balaban J connectivity index is 1.13. The molecule has 3 nitrogen and oxygen atoms in total. The maximum absolute atomic E-state index is 9.44. The normalized spacial score (nSPS) is 11.3. The van der Waals surface area contributed by atoms with Crippen LogP contribution >= 0.6 is 0 Å². The van der Waals surface area contributed by atoms with E-state index in [1.807, 2.05) is 60.7 Å². The van der Waals surface area contributed by atoms with Gasteiger partial charge in [0.15, 0.2) is 5.82 Å². The largest absolute Gasteiger partial charge is 0.228 e. The molecule has 0 radical (unpaired) electrons. The molecule has 7 aromatic carbocycles. The van der Waals surface area contributed by atoms with E-state index in [1.165, 1.54) is 44.2 Å². The molecule has 0 bridgehead atoms. The molecule has 0 saturated carbocycles. The molecule has 48 heavy (non-hydrogen) atoms. The van der Waals surface area contributed by atoms with Crippen molar-refractivity contribution in [2.45, 2.75) is 0 Å². The molecule has 0 saturated heterocycles. The van der Waals surface area contributed by atoms with Gasteiger partial charge in [-0.05, 0) is 79.5 Å². The second-order valence-corrected chi connectivity index (χ2v) is 12.1. The molecule has 222 valence electrons. The minimum atomic E-state index is 0.638. The summed E-state index contributed by atoms with van der Waals surface area (Å²) in [5.41, 5.74) is 15.0. The van der Waals surface area contributed by atoms with E-state index in [0.29, 0.717) is 11.4 Å². The molecule has 1 aromatic heterocycles. The van der Waals surface area contributed by atoms with Gasteiger partial charge in [-0.2, -0.15) is 5.26 Å². The molecule has 0 unspecified atom stereocenters. The Kier molecular flexibility index (Phi) is 6.52. The van der Waals surface area contributed by atoms with Crippen LogP contribution in [0.25, 0.3) is 89.2 Å². The van der Waals surface area contributed by atoms with Crippen LogP contribution in [0.2, 0.25) is 0 Å². The Morgan fingerprint density at radius 1 is 0.375 bits per heavy atom. The number of hydrogen-bond donors (Lipinski definition) is 0. The lowest BCUT2D eigenvalue weighted by Crippen LogP contribution is -1.96. The van der Waals surface area contributed by atoms with E-state index in [0.717, 1.165) is 39.2 Å². The summed E-state index contributed by atoms with van der Waals surface area (Å²) in [6, 6.07) is 59.1. The zero-order chi connectivity index (χ0) is 32.0. The topological polar surface area (TPSA) is 49.6 Å². The van der Waals surface area contributed by atoms with Gasteiger partial charge in [-0.1, -0.05) is 140 Å².